The molecule has 1 aromatic rings. The normalized spacial score (nSPS) is 9.89. The smallest absolute Gasteiger partial charge is 0.396 e. The molecule has 0 atom stereocenters. The molecule has 0 fully saturated rings. The highest BCUT2D eigenvalue weighted by Crippen LogP contribution is 2.20. The van der Waals surface area contributed by atoms with Crippen LogP contribution in [0.3, 0.4) is 0 Å². The van der Waals surface area contributed by atoms with Crippen LogP contribution >= 0.6 is 0 Å². The Hall–Kier alpha value is -2.04. The van der Waals surface area contributed by atoms with E-state index in [1.54, 1.807) is 14.2 Å². The van der Waals surface area contributed by atoms with E-state index >= 15 is 0 Å². The van der Waals surface area contributed by atoms with Crippen LogP contribution in [0.4, 0.5) is 0 Å². The maximum Gasteiger partial charge on any atom is 0.396 e. The number of hydrogen-bond donors (Lipinski definition) is 0. The molecule has 0 unspecified atom stereocenters. The van der Waals surface area contributed by atoms with Gasteiger partial charge in [-0.15, -0.1) is 0 Å². The number of carbonyl (C=O) groups is 2. The average molecular weight is 265 g/mol. The molecule has 1 amide bonds. The number of aryl methyl sites for hydroxylation is 1. The third-order valence-corrected chi connectivity index (χ3v) is 2.86. The van der Waals surface area contributed by atoms with Crippen molar-refractivity contribution >= 4 is 11.9 Å². The number of carbonyl (C=O) groups excluding carboxylic acids is 2. The van der Waals surface area contributed by atoms with Crippen molar-refractivity contribution in [1.82, 2.24) is 4.90 Å². The molecule has 0 radical (unpaired) electrons. The van der Waals surface area contributed by atoms with Crippen LogP contribution in [0.2, 0.25) is 0 Å². The second-order valence-electron chi connectivity index (χ2n) is 4.28. The predicted octanol–water partition coefficient (Wildman–Crippen LogP) is 1.18. The summed E-state index contributed by atoms with van der Waals surface area (Å²) >= 11 is 0. The first-order valence-electron chi connectivity index (χ1n) is 5.96. The minimum absolute atomic E-state index is 0.424. The molecule has 0 aliphatic carbocycles. The number of rotatable bonds is 4. The summed E-state index contributed by atoms with van der Waals surface area (Å²) in [6.07, 6.45) is 0.615. The summed E-state index contributed by atoms with van der Waals surface area (Å²) in [5.74, 6) is -0.711. The van der Waals surface area contributed by atoms with Gasteiger partial charge in [-0.2, -0.15) is 0 Å². The molecule has 0 N–H and O–H groups in total. The van der Waals surface area contributed by atoms with E-state index in [1.165, 1.54) is 12.0 Å². The number of nitrogens with zero attached hydrogens (tertiary/aromatic N) is 1. The standard InChI is InChI=1S/C14H19NO4/c1-10-5-6-12(18-3)11(9-10)7-8-15(2)13(16)14(17)19-4/h5-6,9H,7-8H2,1-4H3. The number of benzene rings is 1. The summed E-state index contributed by atoms with van der Waals surface area (Å²) in [7, 11) is 4.37. The van der Waals surface area contributed by atoms with Crippen molar-refractivity contribution in [3.8, 4) is 5.75 Å². The average Bonchev–Trinajstić information content (AvgIpc) is 2.43. The first-order chi connectivity index (χ1) is 8.99. The molecule has 19 heavy (non-hydrogen) atoms. The maximum atomic E-state index is 11.5. The van der Waals surface area contributed by atoms with Gasteiger partial charge in [-0.25, -0.2) is 4.79 Å². The molecular formula is C14H19NO4. The van der Waals surface area contributed by atoms with Crippen LogP contribution in [-0.4, -0.2) is 44.6 Å². The molecule has 0 aromatic heterocycles. The fraction of sp³-hybridized carbons (Fsp3) is 0.429. The molecule has 1 aromatic carbocycles. The Balaban J connectivity index is 2.69. The molecule has 1 rings (SSSR count). The predicted molar refractivity (Wildman–Crippen MR) is 71.1 cm³/mol. The van der Waals surface area contributed by atoms with E-state index in [4.69, 9.17) is 4.74 Å². The molecule has 104 valence electrons. The number of likely N-dealkylation sites (N-methyl/N-ethyl adjacent to an activating group) is 1. The zero-order valence-corrected chi connectivity index (χ0v) is 11.7. The number of esters is 1. The quantitative estimate of drug-likeness (QED) is 0.606. The van der Waals surface area contributed by atoms with Crippen molar-refractivity contribution in [2.45, 2.75) is 13.3 Å². The van der Waals surface area contributed by atoms with Crippen LogP contribution in [0, 0.1) is 6.92 Å². The lowest BCUT2D eigenvalue weighted by Gasteiger charge is -2.16. The molecule has 0 saturated carbocycles. The minimum atomic E-state index is -0.848. The van der Waals surface area contributed by atoms with Crippen LogP contribution in [-0.2, 0) is 20.7 Å². The fourth-order valence-corrected chi connectivity index (χ4v) is 1.74. The third kappa shape index (κ3) is 3.98. The molecular weight excluding hydrogens is 246 g/mol. The van der Waals surface area contributed by atoms with E-state index in [1.807, 2.05) is 25.1 Å². The zero-order chi connectivity index (χ0) is 14.4. The van der Waals surface area contributed by atoms with Crippen molar-refractivity contribution in [2.24, 2.45) is 0 Å². The summed E-state index contributed by atoms with van der Waals surface area (Å²) in [6.45, 7) is 2.42. The Labute approximate surface area is 113 Å². The molecule has 0 aliphatic rings. The van der Waals surface area contributed by atoms with Crippen molar-refractivity contribution in [2.75, 3.05) is 27.8 Å². The second-order valence-corrected chi connectivity index (χ2v) is 4.28. The van der Waals surface area contributed by atoms with E-state index in [0.29, 0.717) is 13.0 Å². The monoisotopic (exact) mass is 265 g/mol. The lowest BCUT2D eigenvalue weighted by atomic mass is 10.1. The van der Waals surface area contributed by atoms with Crippen LogP contribution < -0.4 is 4.74 Å². The topological polar surface area (TPSA) is 55.8 Å². The maximum absolute atomic E-state index is 11.5. The minimum Gasteiger partial charge on any atom is -0.496 e. The van der Waals surface area contributed by atoms with Gasteiger partial charge in [0.15, 0.2) is 0 Å². The van der Waals surface area contributed by atoms with Crippen LogP contribution in [0.15, 0.2) is 18.2 Å². The van der Waals surface area contributed by atoms with Crippen molar-refractivity contribution in [3.05, 3.63) is 29.3 Å². The van der Waals surface area contributed by atoms with E-state index in [2.05, 4.69) is 4.74 Å². The van der Waals surface area contributed by atoms with Gasteiger partial charge in [0.05, 0.1) is 14.2 Å². The molecule has 0 heterocycles. The summed E-state index contributed by atoms with van der Waals surface area (Å²) < 4.78 is 9.66. The summed E-state index contributed by atoms with van der Waals surface area (Å²) in [4.78, 5) is 24.0. The summed E-state index contributed by atoms with van der Waals surface area (Å²) in [5.41, 5.74) is 2.13. The van der Waals surface area contributed by atoms with Gasteiger partial charge in [-0.3, -0.25) is 4.79 Å². The molecule has 5 nitrogen and oxygen atoms in total. The highest BCUT2D eigenvalue weighted by molar-refractivity contribution is 6.32. The van der Waals surface area contributed by atoms with Crippen LogP contribution in [0.25, 0.3) is 0 Å². The molecule has 5 heteroatoms. The Bertz CT molecular complexity index is 471. The Morgan fingerprint density at radius 3 is 2.53 bits per heavy atom. The largest absolute Gasteiger partial charge is 0.496 e. The lowest BCUT2D eigenvalue weighted by Crippen LogP contribution is -2.35. The van der Waals surface area contributed by atoms with Crippen LogP contribution in [0.1, 0.15) is 11.1 Å². The van der Waals surface area contributed by atoms with E-state index < -0.39 is 11.9 Å². The highest BCUT2D eigenvalue weighted by atomic mass is 16.5. The van der Waals surface area contributed by atoms with Crippen molar-refractivity contribution in [3.63, 3.8) is 0 Å². The van der Waals surface area contributed by atoms with Gasteiger partial charge in [0.2, 0.25) is 0 Å². The van der Waals surface area contributed by atoms with E-state index in [0.717, 1.165) is 16.9 Å². The number of methoxy groups -OCH3 is 2. The van der Waals surface area contributed by atoms with E-state index in [9.17, 15) is 9.59 Å². The fourth-order valence-electron chi connectivity index (χ4n) is 1.74. The van der Waals surface area contributed by atoms with Gasteiger partial charge >= 0.3 is 11.9 Å². The first-order valence-corrected chi connectivity index (χ1v) is 5.96. The van der Waals surface area contributed by atoms with Crippen molar-refractivity contribution in [1.29, 1.82) is 0 Å². The number of hydrogen-bond acceptors (Lipinski definition) is 4. The van der Waals surface area contributed by atoms with Gasteiger partial charge in [-0.1, -0.05) is 17.7 Å². The van der Waals surface area contributed by atoms with Gasteiger partial charge in [0, 0.05) is 13.6 Å². The highest BCUT2D eigenvalue weighted by Gasteiger charge is 2.19. The Kier molecular flexibility index (Phi) is 5.36. The zero-order valence-electron chi connectivity index (χ0n) is 11.7. The van der Waals surface area contributed by atoms with Gasteiger partial charge in [0.1, 0.15) is 5.75 Å². The Morgan fingerprint density at radius 1 is 1.26 bits per heavy atom. The summed E-state index contributed by atoms with van der Waals surface area (Å²) in [6, 6.07) is 5.87. The van der Waals surface area contributed by atoms with Gasteiger partial charge < -0.3 is 14.4 Å². The molecule has 0 aliphatic heterocycles. The van der Waals surface area contributed by atoms with E-state index in [-0.39, 0.29) is 0 Å². The van der Waals surface area contributed by atoms with Gasteiger partial charge in [0.25, 0.3) is 0 Å². The van der Waals surface area contributed by atoms with Crippen molar-refractivity contribution < 1.29 is 19.1 Å². The second kappa shape index (κ2) is 6.78. The number of ether oxygens (including phenoxy) is 2. The Morgan fingerprint density at radius 2 is 1.95 bits per heavy atom. The van der Waals surface area contributed by atoms with Crippen LogP contribution in [0.5, 0.6) is 5.75 Å². The molecule has 0 spiro atoms. The SMILES string of the molecule is COC(=O)C(=O)N(C)CCc1cc(C)ccc1OC. The number of amides is 1. The summed E-state index contributed by atoms with van der Waals surface area (Å²) in [5, 5.41) is 0. The van der Waals surface area contributed by atoms with Gasteiger partial charge in [-0.05, 0) is 25.0 Å². The lowest BCUT2D eigenvalue weighted by molar-refractivity contribution is -0.157. The first kappa shape index (κ1) is 15.0. The molecule has 0 bridgehead atoms. The third-order valence-electron chi connectivity index (χ3n) is 2.86. The molecule has 0 saturated heterocycles.